The van der Waals surface area contributed by atoms with Gasteiger partial charge >= 0.3 is 6.18 Å². The van der Waals surface area contributed by atoms with Crippen LogP contribution in [0.15, 0.2) is 42.5 Å². The number of aryl methyl sites for hydroxylation is 1. The summed E-state index contributed by atoms with van der Waals surface area (Å²) < 4.78 is 41.0. The Hall–Kier alpha value is -2.50. The van der Waals surface area contributed by atoms with Gasteiger partial charge in [-0.3, -0.25) is 4.90 Å². The van der Waals surface area contributed by atoms with Gasteiger partial charge in [0, 0.05) is 11.4 Å². The number of nitriles is 1. The molecule has 0 aromatic heterocycles. The van der Waals surface area contributed by atoms with Crippen molar-refractivity contribution in [1.82, 2.24) is 0 Å². The zero-order valence-corrected chi connectivity index (χ0v) is 19.9. The van der Waals surface area contributed by atoms with E-state index in [1.165, 1.54) is 18.6 Å². The lowest BCUT2D eigenvalue weighted by molar-refractivity contribution is -0.137. The van der Waals surface area contributed by atoms with Crippen LogP contribution in [0.1, 0.15) is 61.6 Å². The van der Waals surface area contributed by atoms with Gasteiger partial charge < -0.3 is 4.90 Å². The van der Waals surface area contributed by atoms with Crippen LogP contribution in [-0.2, 0) is 6.18 Å². The maximum Gasteiger partial charge on any atom is 0.417 e. The highest BCUT2D eigenvalue weighted by Crippen LogP contribution is 2.45. The molecule has 1 saturated carbocycles. The number of thiocarbonyl (C=S) groups is 2. The zero-order valence-electron chi connectivity index (χ0n) is 18.3. The third-order valence-electron chi connectivity index (χ3n) is 6.57. The second kappa shape index (κ2) is 9.03. The Bertz CT molecular complexity index is 1110. The smallest absolute Gasteiger partial charge is 0.306 e. The number of halogens is 3. The van der Waals surface area contributed by atoms with Gasteiger partial charge in [0.15, 0.2) is 5.11 Å². The van der Waals surface area contributed by atoms with Crippen molar-refractivity contribution in [1.29, 1.82) is 5.26 Å². The van der Waals surface area contributed by atoms with Crippen molar-refractivity contribution >= 4 is 45.9 Å². The molecule has 1 heterocycles. The molecule has 33 heavy (non-hydrogen) atoms. The molecule has 2 aliphatic rings. The number of rotatable bonds is 2. The average Bonchev–Trinajstić information content (AvgIpc) is 2.97. The SMILES string of the molecule is Cc1ccc(N2C(=S)N(c3ccc(C#N)c(C(F)(F)F)c3)C(=S)C23CCCCCCC3)cc1. The van der Waals surface area contributed by atoms with E-state index < -0.39 is 22.8 Å². The first-order chi connectivity index (χ1) is 15.7. The van der Waals surface area contributed by atoms with E-state index in [9.17, 15) is 18.4 Å². The lowest BCUT2D eigenvalue weighted by Crippen LogP contribution is -2.49. The van der Waals surface area contributed by atoms with Crippen molar-refractivity contribution in [3.05, 3.63) is 59.2 Å². The molecular weight excluding hydrogens is 463 g/mol. The zero-order chi connectivity index (χ0) is 23.8. The van der Waals surface area contributed by atoms with Crippen LogP contribution < -0.4 is 9.80 Å². The lowest BCUT2D eigenvalue weighted by Gasteiger charge is -2.39. The summed E-state index contributed by atoms with van der Waals surface area (Å²) >= 11 is 11.9. The van der Waals surface area contributed by atoms with Crippen LogP contribution in [0.3, 0.4) is 0 Å². The first-order valence-corrected chi connectivity index (χ1v) is 11.9. The molecule has 0 bridgehead atoms. The van der Waals surface area contributed by atoms with Crippen molar-refractivity contribution < 1.29 is 13.2 Å². The van der Waals surface area contributed by atoms with Crippen LogP contribution in [0.2, 0.25) is 0 Å². The molecule has 0 amide bonds. The highest BCUT2D eigenvalue weighted by Gasteiger charge is 2.53. The monoisotopic (exact) mass is 487 g/mol. The summed E-state index contributed by atoms with van der Waals surface area (Å²) in [5.41, 5.74) is 0.283. The molecule has 1 saturated heterocycles. The summed E-state index contributed by atoms with van der Waals surface area (Å²) in [6.07, 6.45) is 2.23. The van der Waals surface area contributed by atoms with Gasteiger partial charge in [-0.15, -0.1) is 0 Å². The van der Waals surface area contributed by atoms with E-state index in [1.54, 1.807) is 11.0 Å². The van der Waals surface area contributed by atoms with Gasteiger partial charge in [0.2, 0.25) is 0 Å². The summed E-state index contributed by atoms with van der Waals surface area (Å²) in [4.78, 5) is 4.19. The Balaban J connectivity index is 1.86. The van der Waals surface area contributed by atoms with Crippen LogP contribution in [0.4, 0.5) is 24.5 Å². The molecule has 3 nitrogen and oxygen atoms in total. The number of hydrogen-bond acceptors (Lipinski definition) is 3. The predicted molar refractivity (Wildman–Crippen MR) is 133 cm³/mol. The molecule has 172 valence electrons. The molecule has 2 fully saturated rings. The van der Waals surface area contributed by atoms with Crippen molar-refractivity contribution in [3.63, 3.8) is 0 Å². The minimum absolute atomic E-state index is 0.243. The third kappa shape index (κ3) is 4.24. The number of hydrogen-bond donors (Lipinski definition) is 0. The molecule has 1 aliphatic carbocycles. The Morgan fingerprint density at radius 1 is 0.909 bits per heavy atom. The van der Waals surface area contributed by atoms with Gasteiger partial charge in [-0.1, -0.05) is 62.0 Å². The van der Waals surface area contributed by atoms with Gasteiger partial charge in [0.25, 0.3) is 0 Å². The first kappa shape index (κ1) is 23.7. The van der Waals surface area contributed by atoms with E-state index in [-0.39, 0.29) is 5.69 Å². The molecule has 2 aromatic carbocycles. The molecule has 0 unspecified atom stereocenters. The van der Waals surface area contributed by atoms with Crippen LogP contribution in [0.25, 0.3) is 0 Å². The molecule has 0 N–H and O–H groups in total. The van der Waals surface area contributed by atoms with Gasteiger partial charge in [-0.2, -0.15) is 18.4 Å². The first-order valence-electron chi connectivity index (χ1n) is 11.1. The van der Waals surface area contributed by atoms with E-state index in [1.807, 2.05) is 31.2 Å². The van der Waals surface area contributed by atoms with Gasteiger partial charge in [0.1, 0.15) is 4.99 Å². The van der Waals surface area contributed by atoms with Crippen LogP contribution in [-0.4, -0.2) is 15.6 Å². The molecule has 0 radical (unpaired) electrons. The van der Waals surface area contributed by atoms with Gasteiger partial charge in [0.05, 0.1) is 22.7 Å². The molecular formula is C25H24F3N3S2. The summed E-state index contributed by atoms with van der Waals surface area (Å²) in [6, 6.07) is 13.3. The fourth-order valence-corrected chi connectivity index (χ4v) is 5.91. The lowest BCUT2D eigenvalue weighted by atomic mass is 9.82. The van der Waals surface area contributed by atoms with Crippen molar-refractivity contribution in [2.24, 2.45) is 0 Å². The van der Waals surface area contributed by atoms with Crippen molar-refractivity contribution in [3.8, 4) is 6.07 Å². The van der Waals surface area contributed by atoms with Crippen molar-refractivity contribution in [2.75, 3.05) is 9.80 Å². The molecule has 8 heteroatoms. The van der Waals surface area contributed by atoms with E-state index in [2.05, 4.69) is 4.90 Å². The van der Waals surface area contributed by atoms with Crippen LogP contribution in [0.5, 0.6) is 0 Å². The standard InChI is InChI=1S/C25H24F3N3S2/c1-17-7-10-19(11-8-17)31-23(33)30(22(32)24(31)13-5-3-2-4-6-14-24)20-12-9-18(16-29)21(15-20)25(26,27)28/h7-12,15H,2-6,13-14H2,1H3. The largest absolute Gasteiger partial charge is 0.417 e. The molecule has 1 spiro atoms. The summed E-state index contributed by atoms with van der Waals surface area (Å²) in [6.45, 7) is 2.00. The van der Waals surface area contributed by atoms with Gasteiger partial charge in [-0.25, -0.2) is 0 Å². The maximum atomic E-state index is 13.7. The molecule has 1 aliphatic heterocycles. The summed E-state index contributed by atoms with van der Waals surface area (Å²) in [7, 11) is 0. The highest BCUT2D eigenvalue weighted by molar-refractivity contribution is 7.83. The summed E-state index contributed by atoms with van der Waals surface area (Å²) in [5.74, 6) is 0. The number of benzene rings is 2. The number of anilines is 2. The molecule has 0 atom stereocenters. The fourth-order valence-electron chi connectivity index (χ4n) is 4.88. The van der Waals surface area contributed by atoms with Crippen molar-refractivity contribution in [2.45, 2.75) is 63.6 Å². The Morgan fingerprint density at radius 2 is 1.48 bits per heavy atom. The van der Waals surface area contributed by atoms with Crippen LogP contribution in [0, 0.1) is 18.3 Å². The van der Waals surface area contributed by atoms with E-state index in [0.717, 1.165) is 55.8 Å². The quantitative estimate of drug-likeness (QED) is 0.415. The second-order valence-corrected chi connectivity index (χ2v) is 9.48. The topological polar surface area (TPSA) is 30.3 Å². The number of nitrogens with zero attached hydrogens (tertiary/aromatic N) is 3. The molecule has 4 rings (SSSR count). The second-order valence-electron chi connectivity index (χ2n) is 8.73. The van der Waals surface area contributed by atoms with E-state index >= 15 is 0 Å². The number of alkyl halides is 3. The fraction of sp³-hybridized carbons (Fsp3) is 0.400. The maximum absolute atomic E-state index is 13.7. The van der Waals surface area contributed by atoms with E-state index in [4.69, 9.17) is 24.4 Å². The minimum atomic E-state index is -4.65. The predicted octanol–water partition coefficient (Wildman–Crippen LogP) is 7.31. The van der Waals surface area contributed by atoms with Crippen LogP contribution >= 0.6 is 24.4 Å². The highest BCUT2D eigenvalue weighted by atomic mass is 32.1. The Morgan fingerprint density at radius 3 is 2.06 bits per heavy atom. The average molecular weight is 488 g/mol. The third-order valence-corrected chi connectivity index (χ3v) is 7.50. The Labute approximate surface area is 202 Å². The minimum Gasteiger partial charge on any atom is -0.306 e. The Kier molecular flexibility index (Phi) is 6.47. The molecule has 2 aromatic rings. The summed E-state index contributed by atoms with van der Waals surface area (Å²) in [5, 5.41) is 9.57. The van der Waals surface area contributed by atoms with E-state index in [0.29, 0.717) is 10.1 Å². The normalized spacial score (nSPS) is 18.9. The van der Waals surface area contributed by atoms with Gasteiger partial charge in [-0.05, 0) is 62.3 Å².